The average Bonchev–Trinajstić information content (AvgIpc) is 2.73. The lowest BCUT2D eigenvalue weighted by molar-refractivity contribution is 0.414. The number of imidazole rings is 1. The van der Waals surface area contributed by atoms with Gasteiger partial charge in [-0.25, -0.2) is 9.97 Å². The Hall–Kier alpha value is -2.27. The number of fused-ring (bicyclic) bond motifs is 1. The summed E-state index contributed by atoms with van der Waals surface area (Å²) in [5.74, 6) is 1.10. The van der Waals surface area contributed by atoms with Gasteiger partial charge in [0.15, 0.2) is 5.65 Å². The topological polar surface area (TPSA) is 66.0 Å². The normalized spacial score (nSPS) is 10.8. The Bertz CT molecular complexity index is 753. The Morgan fingerprint density at radius 2 is 2.16 bits per heavy atom. The van der Waals surface area contributed by atoms with Crippen LogP contribution in [0.3, 0.4) is 0 Å². The number of halogens is 1. The Morgan fingerprint density at radius 3 is 2.95 bits per heavy atom. The molecule has 19 heavy (non-hydrogen) atoms. The maximum atomic E-state index is 5.95. The molecule has 5 nitrogen and oxygen atoms in total. The van der Waals surface area contributed by atoms with Crippen LogP contribution in [0.1, 0.15) is 0 Å². The molecule has 3 rings (SSSR count). The molecule has 0 aliphatic carbocycles. The fourth-order valence-electron chi connectivity index (χ4n) is 1.96. The van der Waals surface area contributed by atoms with Crippen LogP contribution in [0.15, 0.2) is 36.5 Å². The zero-order valence-electron chi connectivity index (χ0n) is 10.2. The molecule has 0 unspecified atom stereocenters. The van der Waals surface area contributed by atoms with Crippen molar-refractivity contribution < 1.29 is 4.74 Å². The summed E-state index contributed by atoms with van der Waals surface area (Å²) in [4.78, 5) is 8.54. The molecule has 0 aliphatic heterocycles. The summed E-state index contributed by atoms with van der Waals surface area (Å²) >= 11 is 5.90. The van der Waals surface area contributed by atoms with Crippen molar-refractivity contribution in [1.29, 1.82) is 0 Å². The number of methoxy groups -OCH3 is 1. The van der Waals surface area contributed by atoms with E-state index in [-0.39, 0.29) is 0 Å². The average molecular weight is 275 g/mol. The highest BCUT2D eigenvalue weighted by Gasteiger charge is 2.12. The third-order valence-corrected chi connectivity index (χ3v) is 3.01. The van der Waals surface area contributed by atoms with Crippen LogP contribution in [0.5, 0.6) is 5.75 Å². The van der Waals surface area contributed by atoms with Crippen LogP contribution in [0, 0.1) is 0 Å². The zero-order valence-corrected chi connectivity index (χ0v) is 10.9. The van der Waals surface area contributed by atoms with Crippen LogP contribution in [-0.4, -0.2) is 21.6 Å². The number of anilines is 1. The van der Waals surface area contributed by atoms with Crippen molar-refractivity contribution in [2.75, 3.05) is 12.8 Å². The van der Waals surface area contributed by atoms with Crippen LogP contribution >= 0.6 is 11.6 Å². The largest absolute Gasteiger partial charge is 0.497 e. The molecule has 2 heterocycles. The molecule has 0 atom stereocenters. The second-order valence-corrected chi connectivity index (χ2v) is 4.44. The van der Waals surface area contributed by atoms with Gasteiger partial charge in [0.25, 0.3) is 0 Å². The SMILES string of the molecule is COc1cccc(-n2c(N)nc3cc(Cl)cnc32)c1. The summed E-state index contributed by atoms with van der Waals surface area (Å²) < 4.78 is 6.97. The highest BCUT2D eigenvalue weighted by atomic mass is 35.5. The lowest BCUT2D eigenvalue weighted by atomic mass is 10.3. The predicted molar refractivity (Wildman–Crippen MR) is 74.8 cm³/mol. The molecule has 2 aromatic heterocycles. The van der Waals surface area contributed by atoms with E-state index in [1.165, 1.54) is 0 Å². The molecule has 2 N–H and O–H groups in total. The molecule has 0 radical (unpaired) electrons. The van der Waals surface area contributed by atoms with Crippen molar-refractivity contribution in [3.8, 4) is 11.4 Å². The second-order valence-electron chi connectivity index (χ2n) is 4.00. The minimum absolute atomic E-state index is 0.359. The summed E-state index contributed by atoms with van der Waals surface area (Å²) in [6.07, 6.45) is 1.57. The first kappa shape index (κ1) is 11.8. The van der Waals surface area contributed by atoms with E-state index in [1.807, 2.05) is 24.3 Å². The van der Waals surface area contributed by atoms with Crippen LogP contribution in [0.2, 0.25) is 5.02 Å². The third kappa shape index (κ3) is 1.98. The van der Waals surface area contributed by atoms with Crippen molar-refractivity contribution >= 4 is 28.7 Å². The minimum atomic E-state index is 0.359. The van der Waals surface area contributed by atoms with Crippen LogP contribution in [0.25, 0.3) is 16.9 Å². The van der Waals surface area contributed by atoms with E-state index in [2.05, 4.69) is 9.97 Å². The van der Waals surface area contributed by atoms with Gasteiger partial charge in [0.2, 0.25) is 5.95 Å². The van der Waals surface area contributed by atoms with Gasteiger partial charge in [-0.2, -0.15) is 0 Å². The van der Waals surface area contributed by atoms with E-state index in [9.17, 15) is 0 Å². The monoisotopic (exact) mass is 274 g/mol. The van der Waals surface area contributed by atoms with Gasteiger partial charge in [0, 0.05) is 12.3 Å². The molecular formula is C13H11ClN4O. The number of rotatable bonds is 2. The predicted octanol–water partition coefficient (Wildman–Crippen LogP) is 2.66. The van der Waals surface area contributed by atoms with Gasteiger partial charge in [-0.3, -0.25) is 4.57 Å². The second kappa shape index (κ2) is 4.44. The summed E-state index contributed by atoms with van der Waals surface area (Å²) in [5, 5.41) is 0.530. The Balaban J connectivity index is 2.26. The molecule has 0 amide bonds. The quantitative estimate of drug-likeness (QED) is 0.780. The van der Waals surface area contributed by atoms with Crippen molar-refractivity contribution in [2.24, 2.45) is 0 Å². The summed E-state index contributed by atoms with van der Waals surface area (Å²) in [5.41, 5.74) is 8.12. The van der Waals surface area contributed by atoms with Gasteiger partial charge in [0.1, 0.15) is 11.3 Å². The maximum Gasteiger partial charge on any atom is 0.207 e. The van der Waals surface area contributed by atoms with Crippen LogP contribution in [0.4, 0.5) is 5.95 Å². The highest BCUT2D eigenvalue weighted by Crippen LogP contribution is 2.25. The number of pyridine rings is 1. The van der Waals surface area contributed by atoms with E-state index < -0.39 is 0 Å². The number of hydrogen-bond acceptors (Lipinski definition) is 4. The molecule has 0 saturated carbocycles. The molecule has 6 heteroatoms. The number of hydrogen-bond donors (Lipinski definition) is 1. The van der Waals surface area contributed by atoms with E-state index in [0.29, 0.717) is 22.1 Å². The fourth-order valence-corrected chi connectivity index (χ4v) is 2.11. The van der Waals surface area contributed by atoms with Crippen LogP contribution in [-0.2, 0) is 0 Å². The molecule has 1 aromatic carbocycles. The van der Waals surface area contributed by atoms with Crippen molar-refractivity contribution in [3.05, 3.63) is 41.6 Å². The number of nitrogen functional groups attached to an aromatic ring is 1. The number of aromatic nitrogens is 3. The first-order valence-electron chi connectivity index (χ1n) is 5.63. The number of benzene rings is 1. The van der Waals surface area contributed by atoms with E-state index in [4.69, 9.17) is 22.1 Å². The Kier molecular flexibility index (Phi) is 2.76. The van der Waals surface area contributed by atoms with E-state index >= 15 is 0 Å². The summed E-state index contributed by atoms with van der Waals surface area (Å²) in [6.45, 7) is 0. The van der Waals surface area contributed by atoms with Crippen LogP contribution < -0.4 is 10.5 Å². The Labute approximate surface area is 114 Å². The molecule has 0 fully saturated rings. The molecule has 3 aromatic rings. The lowest BCUT2D eigenvalue weighted by Gasteiger charge is -2.07. The third-order valence-electron chi connectivity index (χ3n) is 2.80. The van der Waals surface area contributed by atoms with Gasteiger partial charge in [0.05, 0.1) is 17.8 Å². The first-order chi connectivity index (χ1) is 9.19. The van der Waals surface area contributed by atoms with Gasteiger partial charge in [-0.1, -0.05) is 17.7 Å². The highest BCUT2D eigenvalue weighted by molar-refractivity contribution is 6.31. The number of nitrogens with two attached hydrogens (primary N) is 1. The minimum Gasteiger partial charge on any atom is -0.497 e. The standard InChI is InChI=1S/C13H11ClN4O/c1-19-10-4-2-3-9(6-10)18-12-11(17-13(18)15)5-8(14)7-16-12/h2-7H,1H3,(H2,15,17). The summed E-state index contributed by atoms with van der Waals surface area (Å²) in [6, 6.07) is 9.26. The fraction of sp³-hybridized carbons (Fsp3) is 0.0769. The van der Waals surface area contributed by atoms with Crippen molar-refractivity contribution in [2.45, 2.75) is 0 Å². The number of nitrogens with zero attached hydrogens (tertiary/aromatic N) is 3. The maximum absolute atomic E-state index is 5.95. The molecular weight excluding hydrogens is 264 g/mol. The van der Waals surface area contributed by atoms with E-state index in [1.54, 1.807) is 23.9 Å². The van der Waals surface area contributed by atoms with Gasteiger partial charge in [-0.15, -0.1) is 0 Å². The lowest BCUT2D eigenvalue weighted by Crippen LogP contribution is -2.01. The number of ether oxygens (including phenoxy) is 1. The summed E-state index contributed by atoms with van der Waals surface area (Å²) in [7, 11) is 1.62. The molecule has 0 saturated heterocycles. The van der Waals surface area contributed by atoms with Crippen molar-refractivity contribution in [1.82, 2.24) is 14.5 Å². The smallest absolute Gasteiger partial charge is 0.207 e. The molecule has 0 bridgehead atoms. The van der Waals surface area contributed by atoms with Gasteiger partial charge >= 0.3 is 0 Å². The van der Waals surface area contributed by atoms with Gasteiger partial charge in [-0.05, 0) is 18.2 Å². The Morgan fingerprint density at radius 1 is 1.32 bits per heavy atom. The zero-order chi connectivity index (χ0) is 13.4. The first-order valence-corrected chi connectivity index (χ1v) is 6.01. The van der Waals surface area contributed by atoms with Crippen molar-refractivity contribution in [3.63, 3.8) is 0 Å². The van der Waals surface area contributed by atoms with Gasteiger partial charge < -0.3 is 10.5 Å². The van der Waals surface area contributed by atoms with E-state index in [0.717, 1.165) is 11.4 Å². The molecule has 0 aliphatic rings. The molecule has 96 valence electrons. The molecule has 0 spiro atoms.